The molecule has 126 valence electrons. The third-order valence-electron chi connectivity index (χ3n) is 4.16. The van der Waals surface area contributed by atoms with Crippen LogP contribution >= 0.6 is 22.9 Å². The van der Waals surface area contributed by atoms with Gasteiger partial charge in [0, 0.05) is 24.0 Å². The lowest BCUT2D eigenvalue weighted by atomic mass is 9.96. The van der Waals surface area contributed by atoms with Crippen LogP contribution in [-0.4, -0.2) is 34.8 Å². The molecule has 1 aromatic heterocycles. The summed E-state index contributed by atoms with van der Waals surface area (Å²) in [5.41, 5.74) is 0.855. The van der Waals surface area contributed by atoms with Crippen LogP contribution in [0.1, 0.15) is 17.8 Å². The molecular weight excluding hydrogens is 346 g/mol. The number of hydrogen-bond acceptors (Lipinski definition) is 4. The van der Waals surface area contributed by atoms with Crippen molar-refractivity contribution in [1.82, 2.24) is 15.2 Å². The van der Waals surface area contributed by atoms with Crippen LogP contribution in [0, 0.1) is 5.92 Å². The Morgan fingerprint density at radius 2 is 2.17 bits per heavy atom. The molecule has 2 aromatic rings. The highest BCUT2D eigenvalue weighted by atomic mass is 35.5. The summed E-state index contributed by atoms with van der Waals surface area (Å²) in [6.45, 7) is 5.11. The number of likely N-dealkylation sites (tertiary alicyclic amines) is 1. The predicted molar refractivity (Wildman–Crippen MR) is 96.0 cm³/mol. The van der Waals surface area contributed by atoms with Crippen molar-refractivity contribution in [3.05, 3.63) is 40.9 Å². The highest BCUT2D eigenvalue weighted by molar-refractivity contribution is 7.18. The van der Waals surface area contributed by atoms with E-state index in [9.17, 15) is 9.59 Å². The van der Waals surface area contributed by atoms with E-state index in [0.717, 1.165) is 15.2 Å². The van der Waals surface area contributed by atoms with Crippen molar-refractivity contribution in [3.63, 3.8) is 0 Å². The van der Waals surface area contributed by atoms with E-state index in [2.05, 4.69) is 16.9 Å². The zero-order valence-corrected chi connectivity index (χ0v) is 14.7. The minimum Gasteiger partial charge on any atom is -0.349 e. The lowest BCUT2D eigenvalue weighted by molar-refractivity contribution is -0.132. The van der Waals surface area contributed by atoms with Crippen molar-refractivity contribution < 1.29 is 9.59 Å². The van der Waals surface area contributed by atoms with Gasteiger partial charge in [-0.15, -0.1) is 11.3 Å². The number of rotatable bonds is 4. The third-order valence-corrected chi connectivity index (χ3v) is 5.43. The SMILES string of the molecule is C=CC(=O)N1CCC(C(=O)NCc2nc3cc(Cl)ccc3s2)CC1. The number of piperidine rings is 1. The largest absolute Gasteiger partial charge is 0.349 e. The Hall–Kier alpha value is -1.92. The summed E-state index contributed by atoms with van der Waals surface area (Å²) in [5.74, 6) is -0.0947. The number of hydrogen-bond donors (Lipinski definition) is 1. The fourth-order valence-corrected chi connectivity index (χ4v) is 3.88. The van der Waals surface area contributed by atoms with Crippen LogP contribution in [-0.2, 0) is 16.1 Å². The molecule has 0 atom stereocenters. The minimum absolute atomic E-state index is 0.0259. The van der Waals surface area contributed by atoms with Crippen LogP contribution in [0.5, 0.6) is 0 Å². The predicted octanol–water partition coefficient (Wildman–Crippen LogP) is 2.99. The molecule has 24 heavy (non-hydrogen) atoms. The van der Waals surface area contributed by atoms with E-state index in [4.69, 9.17) is 11.6 Å². The van der Waals surface area contributed by atoms with Crippen molar-refractivity contribution in [1.29, 1.82) is 0 Å². The molecule has 1 aliphatic heterocycles. The molecule has 0 aliphatic carbocycles. The van der Waals surface area contributed by atoms with E-state index in [1.165, 1.54) is 6.08 Å². The van der Waals surface area contributed by atoms with Crippen molar-refractivity contribution in [2.75, 3.05) is 13.1 Å². The lowest BCUT2D eigenvalue weighted by Crippen LogP contribution is -2.42. The van der Waals surface area contributed by atoms with Crippen LogP contribution in [0.15, 0.2) is 30.9 Å². The van der Waals surface area contributed by atoms with E-state index in [0.29, 0.717) is 37.5 Å². The topological polar surface area (TPSA) is 62.3 Å². The molecule has 1 saturated heterocycles. The first kappa shape index (κ1) is 16.9. The Bertz CT molecular complexity index is 781. The smallest absolute Gasteiger partial charge is 0.245 e. The van der Waals surface area contributed by atoms with Gasteiger partial charge < -0.3 is 10.2 Å². The number of halogens is 1. The van der Waals surface area contributed by atoms with Crippen molar-refractivity contribution in [2.24, 2.45) is 5.92 Å². The summed E-state index contributed by atoms with van der Waals surface area (Å²) >= 11 is 7.52. The number of aromatic nitrogens is 1. The number of nitrogens with zero attached hydrogens (tertiary/aromatic N) is 2. The van der Waals surface area contributed by atoms with Gasteiger partial charge in [-0.05, 0) is 37.1 Å². The fraction of sp³-hybridized carbons (Fsp3) is 0.353. The van der Waals surface area contributed by atoms with Gasteiger partial charge in [-0.3, -0.25) is 9.59 Å². The van der Waals surface area contributed by atoms with Gasteiger partial charge in [-0.25, -0.2) is 4.98 Å². The summed E-state index contributed by atoms with van der Waals surface area (Å²) in [6.07, 6.45) is 2.68. The van der Waals surface area contributed by atoms with E-state index in [-0.39, 0.29) is 17.7 Å². The first-order valence-corrected chi connectivity index (χ1v) is 9.00. The highest BCUT2D eigenvalue weighted by Crippen LogP contribution is 2.25. The first-order chi connectivity index (χ1) is 11.6. The first-order valence-electron chi connectivity index (χ1n) is 7.81. The van der Waals surface area contributed by atoms with Crippen molar-refractivity contribution in [3.8, 4) is 0 Å². The molecule has 0 unspecified atom stereocenters. The molecule has 3 rings (SSSR count). The number of thiazole rings is 1. The molecule has 5 nitrogen and oxygen atoms in total. The second-order valence-electron chi connectivity index (χ2n) is 5.74. The van der Waals surface area contributed by atoms with Gasteiger partial charge in [0.05, 0.1) is 16.8 Å². The standard InChI is InChI=1S/C17H18ClN3O2S/c1-2-16(22)21-7-5-11(6-8-21)17(23)19-10-15-20-13-9-12(18)3-4-14(13)24-15/h2-4,9,11H,1,5-8,10H2,(H,19,23). The van der Waals surface area contributed by atoms with Crippen molar-refractivity contribution >= 4 is 45.0 Å². The molecular formula is C17H18ClN3O2S. The molecule has 0 bridgehead atoms. The van der Waals surface area contributed by atoms with Gasteiger partial charge in [0.1, 0.15) is 5.01 Å². The number of carbonyl (C=O) groups excluding carboxylic acids is 2. The highest BCUT2D eigenvalue weighted by Gasteiger charge is 2.26. The molecule has 0 radical (unpaired) electrons. The maximum Gasteiger partial charge on any atom is 0.245 e. The van der Waals surface area contributed by atoms with E-state index in [1.807, 2.05) is 18.2 Å². The summed E-state index contributed by atoms with van der Waals surface area (Å²) in [4.78, 5) is 30.1. The number of benzene rings is 1. The second kappa shape index (κ2) is 7.32. The van der Waals surface area contributed by atoms with Crippen LogP contribution in [0.4, 0.5) is 0 Å². The third kappa shape index (κ3) is 3.76. The number of amides is 2. The molecule has 0 saturated carbocycles. The normalized spacial score (nSPS) is 15.5. The maximum absolute atomic E-state index is 12.3. The zero-order valence-electron chi connectivity index (χ0n) is 13.1. The molecule has 0 spiro atoms. The number of nitrogens with one attached hydrogen (secondary N) is 1. The quantitative estimate of drug-likeness (QED) is 0.849. The average Bonchev–Trinajstić information content (AvgIpc) is 3.01. The van der Waals surface area contributed by atoms with Crippen LogP contribution in [0.3, 0.4) is 0 Å². The van der Waals surface area contributed by atoms with Gasteiger partial charge in [0.2, 0.25) is 11.8 Å². The van der Waals surface area contributed by atoms with Gasteiger partial charge >= 0.3 is 0 Å². The van der Waals surface area contributed by atoms with Gasteiger partial charge in [0.15, 0.2) is 0 Å². The molecule has 1 fully saturated rings. The Labute approximate surface area is 149 Å². The lowest BCUT2D eigenvalue weighted by Gasteiger charge is -2.30. The van der Waals surface area contributed by atoms with E-state index < -0.39 is 0 Å². The van der Waals surface area contributed by atoms with Gasteiger partial charge in [-0.2, -0.15) is 0 Å². The Balaban J connectivity index is 1.53. The number of carbonyl (C=O) groups is 2. The van der Waals surface area contributed by atoms with Gasteiger partial charge in [0.25, 0.3) is 0 Å². The van der Waals surface area contributed by atoms with Crippen LogP contribution in [0.25, 0.3) is 10.2 Å². The van der Waals surface area contributed by atoms with Crippen molar-refractivity contribution in [2.45, 2.75) is 19.4 Å². The average molecular weight is 364 g/mol. The summed E-state index contributed by atoms with van der Waals surface area (Å²) in [6, 6.07) is 5.60. The molecule has 1 aromatic carbocycles. The Morgan fingerprint density at radius 3 is 2.88 bits per heavy atom. The van der Waals surface area contributed by atoms with E-state index >= 15 is 0 Å². The Morgan fingerprint density at radius 1 is 1.42 bits per heavy atom. The maximum atomic E-state index is 12.3. The minimum atomic E-state index is -0.0676. The summed E-state index contributed by atoms with van der Waals surface area (Å²) < 4.78 is 1.06. The zero-order chi connectivity index (χ0) is 17.1. The summed E-state index contributed by atoms with van der Waals surface area (Å²) in [5, 5.41) is 4.47. The summed E-state index contributed by atoms with van der Waals surface area (Å²) in [7, 11) is 0. The molecule has 2 heterocycles. The molecule has 2 amide bonds. The van der Waals surface area contributed by atoms with Crippen LogP contribution in [0.2, 0.25) is 5.02 Å². The molecule has 1 aliphatic rings. The fourth-order valence-electron chi connectivity index (χ4n) is 2.82. The van der Waals surface area contributed by atoms with E-state index in [1.54, 1.807) is 16.2 Å². The molecule has 1 N–H and O–H groups in total. The number of fused-ring (bicyclic) bond motifs is 1. The second-order valence-corrected chi connectivity index (χ2v) is 7.29. The monoisotopic (exact) mass is 363 g/mol. The van der Waals surface area contributed by atoms with Crippen LogP contribution < -0.4 is 5.32 Å². The molecule has 7 heteroatoms. The van der Waals surface area contributed by atoms with Gasteiger partial charge in [-0.1, -0.05) is 18.2 Å². The Kier molecular flexibility index (Phi) is 5.16.